The molecule has 9 heteroatoms. The van der Waals surface area contributed by atoms with Crippen LogP contribution in [0.15, 0.2) is 47.1 Å². The average Bonchev–Trinajstić information content (AvgIpc) is 3.25. The van der Waals surface area contributed by atoms with Crippen molar-refractivity contribution in [2.45, 2.75) is 25.9 Å². The van der Waals surface area contributed by atoms with E-state index in [4.69, 9.17) is 4.42 Å². The number of benzene rings is 1. The third-order valence-electron chi connectivity index (χ3n) is 4.44. The molecule has 0 unspecified atom stereocenters. The second kappa shape index (κ2) is 7.95. The minimum atomic E-state index is -4.75. The molecular formula is C19H19F3N2O4. The van der Waals surface area contributed by atoms with Crippen molar-refractivity contribution in [2.24, 2.45) is 5.92 Å². The number of nitrogens with zero attached hydrogens (tertiary/aromatic N) is 2. The van der Waals surface area contributed by atoms with Crippen molar-refractivity contribution in [1.29, 1.82) is 0 Å². The summed E-state index contributed by atoms with van der Waals surface area (Å²) < 4.78 is 45.7. The van der Waals surface area contributed by atoms with Crippen molar-refractivity contribution in [3.63, 3.8) is 0 Å². The highest BCUT2D eigenvalue weighted by molar-refractivity contribution is 5.89. The Balaban J connectivity index is 1.55. The van der Waals surface area contributed by atoms with Gasteiger partial charge in [-0.15, -0.1) is 13.2 Å². The van der Waals surface area contributed by atoms with Crippen molar-refractivity contribution < 1.29 is 31.9 Å². The fourth-order valence-electron chi connectivity index (χ4n) is 3.14. The molecule has 0 saturated carbocycles. The lowest BCUT2D eigenvalue weighted by atomic mass is 10.1. The van der Waals surface area contributed by atoms with Gasteiger partial charge in [-0.1, -0.05) is 12.1 Å². The molecule has 1 aliphatic rings. The summed E-state index contributed by atoms with van der Waals surface area (Å²) in [6.07, 6.45) is -3.09. The molecule has 1 fully saturated rings. The molecule has 28 heavy (non-hydrogen) atoms. The first-order valence-corrected chi connectivity index (χ1v) is 8.61. The number of rotatable bonds is 6. The van der Waals surface area contributed by atoms with Gasteiger partial charge in [0, 0.05) is 26.6 Å². The Bertz CT molecular complexity index is 819. The van der Waals surface area contributed by atoms with E-state index in [1.54, 1.807) is 24.1 Å². The van der Waals surface area contributed by atoms with Crippen LogP contribution in [0.25, 0.3) is 0 Å². The van der Waals surface area contributed by atoms with Gasteiger partial charge in [0.2, 0.25) is 11.8 Å². The van der Waals surface area contributed by atoms with Gasteiger partial charge >= 0.3 is 6.36 Å². The largest absolute Gasteiger partial charge is 0.573 e. The van der Waals surface area contributed by atoms with Gasteiger partial charge in [-0.25, -0.2) is 0 Å². The normalized spacial score (nSPS) is 17.1. The second-order valence-electron chi connectivity index (χ2n) is 6.64. The molecule has 3 rings (SSSR count). The van der Waals surface area contributed by atoms with Gasteiger partial charge in [0.05, 0.1) is 18.7 Å². The molecule has 0 radical (unpaired) electrons. The number of carbonyl (C=O) groups is 2. The van der Waals surface area contributed by atoms with Crippen LogP contribution in [0, 0.1) is 5.92 Å². The van der Waals surface area contributed by atoms with Gasteiger partial charge in [0.1, 0.15) is 11.5 Å². The fraction of sp³-hybridized carbons (Fsp3) is 0.368. The lowest BCUT2D eigenvalue weighted by Crippen LogP contribution is -2.34. The second-order valence-corrected chi connectivity index (χ2v) is 6.64. The molecule has 1 saturated heterocycles. The Kier molecular flexibility index (Phi) is 5.62. The topological polar surface area (TPSA) is 63.0 Å². The molecular weight excluding hydrogens is 377 g/mol. The first kappa shape index (κ1) is 19.8. The highest BCUT2D eigenvalue weighted by Crippen LogP contribution is 2.25. The Morgan fingerprint density at radius 2 is 2.00 bits per heavy atom. The lowest BCUT2D eigenvalue weighted by Gasteiger charge is -2.21. The Morgan fingerprint density at radius 1 is 1.29 bits per heavy atom. The van der Waals surface area contributed by atoms with Crippen LogP contribution in [0.4, 0.5) is 13.2 Å². The van der Waals surface area contributed by atoms with Gasteiger partial charge in [0.15, 0.2) is 0 Å². The maximum Gasteiger partial charge on any atom is 0.573 e. The zero-order valence-electron chi connectivity index (χ0n) is 15.1. The molecule has 0 N–H and O–H groups in total. The predicted molar refractivity (Wildman–Crippen MR) is 91.8 cm³/mol. The number of hydrogen-bond donors (Lipinski definition) is 0. The highest BCUT2D eigenvalue weighted by Gasteiger charge is 2.36. The van der Waals surface area contributed by atoms with Crippen LogP contribution in [0.1, 0.15) is 17.7 Å². The Hall–Kier alpha value is -2.97. The van der Waals surface area contributed by atoms with Crippen molar-refractivity contribution in [1.82, 2.24) is 9.80 Å². The van der Waals surface area contributed by atoms with E-state index in [1.807, 2.05) is 0 Å². The van der Waals surface area contributed by atoms with Crippen molar-refractivity contribution >= 4 is 11.8 Å². The molecule has 2 aromatic rings. The van der Waals surface area contributed by atoms with Crippen molar-refractivity contribution in [2.75, 3.05) is 13.6 Å². The number of alkyl halides is 3. The SMILES string of the molecule is CN(Cc1ccc(OC(F)(F)F)cc1)C(=O)[C@@H]1CC(=O)N(Cc2ccco2)C1. The lowest BCUT2D eigenvalue weighted by molar-refractivity contribution is -0.274. The Morgan fingerprint density at radius 3 is 2.61 bits per heavy atom. The number of furan rings is 1. The zero-order valence-corrected chi connectivity index (χ0v) is 15.1. The van der Waals surface area contributed by atoms with E-state index in [2.05, 4.69) is 4.74 Å². The van der Waals surface area contributed by atoms with Gasteiger partial charge in [-0.3, -0.25) is 9.59 Å². The molecule has 1 atom stereocenters. The summed E-state index contributed by atoms with van der Waals surface area (Å²) >= 11 is 0. The van der Waals surface area contributed by atoms with E-state index in [0.717, 1.165) is 0 Å². The van der Waals surface area contributed by atoms with Crippen LogP contribution in [0.3, 0.4) is 0 Å². The van der Waals surface area contributed by atoms with Crippen molar-refractivity contribution in [3.8, 4) is 5.75 Å². The van der Waals surface area contributed by atoms with E-state index in [0.29, 0.717) is 24.4 Å². The molecule has 2 amide bonds. The van der Waals surface area contributed by atoms with E-state index in [1.165, 1.54) is 35.4 Å². The van der Waals surface area contributed by atoms with Crippen LogP contribution in [-0.2, 0) is 22.7 Å². The number of ether oxygens (including phenoxy) is 1. The van der Waals surface area contributed by atoms with E-state index < -0.39 is 12.3 Å². The molecule has 0 bridgehead atoms. The van der Waals surface area contributed by atoms with Gasteiger partial charge < -0.3 is 19.0 Å². The van der Waals surface area contributed by atoms with Gasteiger partial charge in [0.25, 0.3) is 0 Å². The average molecular weight is 396 g/mol. The smallest absolute Gasteiger partial charge is 0.467 e. The number of carbonyl (C=O) groups excluding carboxylic acids is 2. The first-order chi connectivity index (χ1) is 13.2. The van der Waals surface area contributed by atoms with Crippen LogP contribution < -0.4 is 4.74 Å². The molecule has 2 heterocycles. The molecule has 0 aliphatic carbocycles. The maximum absolute atomic E-state index is 12.6. The summed E-state index contributed by atoms with van der Waals surface area (Å²) in [5, 5.41) is 0. The maximum atomic E-state index is 12.6. The predicted octanol–water partition coefficient (Wildman–Crippen LogP) is 3.19. The van der Waals surface area contributed by atoms with Crippen LogP contribution in [-0.4, -0.2) is 41.6 Å². The number of halogens is 3. The van der Waals surface area contributed by atoms with Gasteiger partial charge in [-0.05, 0) is 29.8 Å². The fourth-order valence-corrected chi connectivity index (χ4v) is 3.14. The Labute approximate surface area is 159 Å². The minimum absolute atomic E-state index is 0.114. The number of likely N-dealkylation sites (tertiary alicyclic amines) is 1. The van der Waals surface area contributed by atoms with E-state index in [-0.39, 0.29) is 30.5 Å². The number of hydrogen-bond acceptors (Lipinski definition) is 4. The summed E-state index contributed by atoms with van der Waals surface area (Å²) in [6.45, 7) is 0.842. The summed E-state index contributed by atoms with van der Waals surface area (Å²) in [7, 11) is 1.60. The highest BCUT2D eigenvalue weighted by atomic mass is 19.4. The molecule has 0 spiro atoms. The first-order valence-electron chi connectivity index (χ1n) is 8.61. The van der Waals surface area contributed by atoms with Crippen molar-refractivity contribution in [3.05, 3.63) is 54.0 Å². The van der Waals surface area contributed by atoms with Crippen LogP contribution in [0.5, 0.6) is 5.75 Å². The summed E-state index contributed by atoms with van der Waals surface area (Å²) in [5.41, 5.74) is 0.655. The van der Waals surface area contributed by atoms with Gasteiger partial charge in [-0.2, -0.15) is 0 Å². The third-order valence-corrected chi connectivity index (χ3v) is 4.44. The standard InChI is InChI=1S/C19H19F3N2O4/c1-23(10-13-4-6-15(7-5-13)28-19(20,21)22)18(26)14-9-17(25)24(11-14)12-16-3-2-8-27-16/h2-8,14H,9-12H2,1H3/t14-/m1/s1. The summed E-state index contributed by atoms with van der Waals surface area (Å²) in [4.78, 5) is 27.9. The van der Waals surface area contributed by atoms with Crippen LogP contribution in [0.2, 0.25) is 0 Å². The summed E-state index contributed by atoms with van der Waals surface area (Å²) in [5.74, 6) is -0.431. The molecule has 1 aromatic heterocycles. The van der Waals surface area contributed by atoms with E-state index >= 15 is 0 Å². The zero-order chi connectivity index (χ0) is 20.3. The summed E-state index contributed by atoms with van der Waals surface area (Å²) in [6, 6.07) is 8.83. The third kappa shape index (κ3) is 5.05. The van der Waals surface area contributed by atoms with Crippen LogP contribution >= 0.6 is 0 Å². The molecule has 6 nitrogen and oxygen atoms in total. The minimum Gasteiger partial charge on any atom is -0.467 e. The molecule has 150 valence electrons. The quantitative estimate of drug-likeness (QED) is 0.753. The number of amides is 2. The van der Waals surface area contributed by atoms with E-state index in [9.17, 15) is 22.8 Å². The molecule has 1 aliphatic heterocycles. The molecule has 1 aromatic carbocycles. The monoisotopic (exact) mass is 396 g/mol.